The number of nitrogens with one attached hydrogen (secondary N) is 1. The van der Waals surface area contributed by atoms with Crippen molar-refractivity contribution < 1.29 is 13.9 Å². The lowest BCUT2D eigenvalue weighted by molar-refractivity contribution is 0.0716. The molecule has 0 spiro atoms. The lowest BCUT2D eigenvalue weighted by atomic mass is 9.98. The zero-order chi connectivity index (χ0) is 26.5. The molecule has 2 aromatic carbocycles. The minimum Gasteiger partial charge on any atom is -0.493 e. The van der Waals surface area contributed by atoms with Gasteiger partial charge < -0.3 is 14.5 Å². The van der Waals surface area contributed by atoms with E-state index in [9.17, 15) is 14.4 Å². The van der Waals surface area contributed by atoms with E-state index in [-0.39, 0.29) is 17.5 Å². The number of halogens is 1. The minimum absolute atomic E-state index is 0.190. The van der Waals surface area contributed by atoms with Crippen molar-refractivity contribution in [3.63, 3.8) is 0 Å². The van der Waals surface area contributed by atoms with E-state index in [0.29, 0.717) is 35.5 Å². The number of nitriles is 1. The van der Waals surface area contributed by atoms with Crippen LogP contribution in [0.1, 0.15) is 40.9 Å². The number of benzene rings is 2. The van der Waals surface area contributed by atoms with Crippen LogP contribution >= 0.6 is 0 Å². The SMILES string of the molecule is CCOc1cc(C(=O)N(C)[C@H](CCN(C)C)c2cncc3cn[nH]c23)ccc1-c1cc(F)cc(C#N)c1. The number of carbonyl (C=O) groups excluding carboxylic acids is 1. The highest BCUT2D eigenvalue weighted by atomic mass is 19.1. The maximum atomic E-state index is 14.1. The molecule has 2 heterocycles. The summed E-state index contributed by atoms with van der Waals surface area (Å²) in [5, 5.41) is 17.3. The number of hydrogen-bond acceptors (Lipinski definition) is 6. The molecule has 1 atom stereocenters. The van der Waals surface area contributed by atoms with Gasteiger partial charge in [-0.2, -0.15) is 10.4 Å². The molecular formula is C28H29FN6O2. The lowest BCUT2D eigenvalue weighted by Crippen LogP contribution is -2.33. The number of ether oxygens (including phenoxy) is 1. The summed E-state index contributed by atoms with van der Waals surface area (Å²) < 4.78 is 20.0. The van der Waals surface area contributed by atoms with E-state index in [1.54, 1.807) is 54.8 Å². The van der Waals surface area contributed by atoms with Crippen LogP contribution in [0.2, 0.25) is 0 Å². The quantitative estimate of drug-likeness (QED) is 0.355. The first kappa shape index (κ1) is 25.8. The normalized spacial score (nSPS) is 11.9. The second-order valence-corrected chi connectivity index (χ2v) is 9.07. The molecule has 0 saturated carbocycles. The number of aromatic nitrogens is 3. The first-order chi connectivity index (χ1) is 17.8. The average Bonchev–Trinajstić information content (AvgIpc) is 3.37. The van der Waals surface area contributed by atoms with E-state index in [2.05, 4.69) is 20.1 Å². The van der Waals surface area contributed by atoms with Crippen molar-refractivity contribution in [3.05, 3.63) is 77.5 Å². The van der Waals surface area contributed by atoms with Gasteiger partial charge in [-0.05, 0) is 75.9 Å². The number of pyridine rings is 1. The number of H-pyrrole nitrogens is 1. The van der Waals surface area contributed by atoms with Gasteiger partial charge >= 0.3 is 0 Å². The Labute approximate surface area is 215 Å². The number of rotatable bonds is 9. The standard InChI is InChI=1S/C28H29FN6O2/c1-5-37-26-13-19(6-7-23(26)20-10-18(14-30)11-22(29)12-20)28(36)35(4)25(8-9-34(2)3)24-17-31-15-21-16-32-33-27(21)24/h6-7,10-13,15-17,25H,5,8-9H2,1-4H3,(H,32,33)/t25-/m1/s1. The van der Waals surface area contributed by atoms with Gasteiger partial charge in [0.1, 0.15) is 11.6 Å². The van der Waals surface area contributed by atoms with E-state index >= 15 is 0 Å². The van der Waals surface area contributed by atoms with E-state index < -0.39 is 5.82 Å². The second-order valence-electron chi connectivity index (χ2n) is 9.07. The molecule has 0 aliphatic carbocycles. The molecule has 190 valence electrons. The Morgan fingerprint density at radius 2 is 1.97 bits per heavy atom. The Balaban J connectivity index is 1.72. The number of aromatic amines is 1. The molecule has 37 heavy (non-hydrogen) atoms. The molecule has 0 aliphatic rings. The predicted octanol–water partition coefficient (Wildman–Crippen LogP) is 4.80. The Bertz CT molecular complexity index is 1460. The molecule has 4 aromatic rings. The smallest absolute Gasteiger partial charge is 0.254 e. The van der Waals surface area contributed by atoms with Crippen LogP contribution in [0.3, 0.4) is 0 Å². The van der Waals surface area contributed by atoms with Gasteiger partial charge in [0.25, 0.3) is 5.91 Å². The summed E-state index contributed by atoms with van der Waals surface area (Å²) in [6.45, 7) is 2.96. The molecule has 0 aliphatic heterocycles. The average molecular weight is 501 g/mol. The van der Waals surface area contributed by atoms with Gasteiger partial charge in [0.2, 0.25) is 0 Å². The van der Waals surface area contributed by atoms with Crippen LogP contribution in [0, 0.1) is 17.1 Å². The molecule has 0 bridgehead atoms. The lowest BCUT2D eigenvalue weighted by Gasteiger charge is -2.30. The molecule has 4 rings (SSSR count). The second kappa shape index (κ2) is 11.2. The van der Waals surface area contributed by atoms with E-state index in [4.69, 9.17) is 4.74 Å². The molecule has 9 heteroatoms. The molecule has 8 nitrogen and oxygen atoms in total. The maximum absolute atomic E-state index is 14.1. The Morgan fingerprint density at radius 1 is 1.16 bits per heavy atom. The fraction of sp³-hybridized carbons (Fsp3) is 0.286. The summed E-state index contributed by atoms with van der Waals surface area (Å²) in [4.78, 5) is 21.9. The van der Waals surface area contributed by atoms with Crippen molar-refractivity contribution in [2.45, 2.75) is 19.4 Å². The molecule has 1 N–H and O–H groups in total. The van der Waals surface area contributed by atoms with Crippen LogP contribution in [-0.4, -0.2) is 65.2 Å². The number of amides is 1. The van der Waals surface area contributed by atoms with Gasteiger partial charge in [-0.15, -0.1) is 0 Å². The van der Waals surface area contributed by atoms with Crippen molar-refractivity contribution in [1.82, 2.24) is 25.0 Å². The fourth-order valence-electron chi connectivity index (χ4n) is 4.40. The largest absolute Gasteiger partial charge is 0.493 e. The topological polar surface area (TPSA) is 98.1 Å². The highest BCUT2D eigenvalue weighted by Crippen LogP contribution is 2.34. The Morgan fingerprint density at radius 3 is 2.70 bits per heavy atom. The van der Waals surface area contributed by atoms with E-state index in [1.165, 1.54) is 12.1 Å². The van der Waals surface area contributed by atoms with Crippen LogP contribution in [0.25, 0.3) is 22.0 Å². The third kappa shape index (κ3) is 5.60. The number of nitrogens with zero attached hydrogens (tertiary/aromatic N) is 5. The minimum atomic E-state index is -0.512. The molecule has 0 radical (unpaired) electrons. The van der Waals surface area contributed by atoms with Crippen LogP contribution in [-0.2, 0) is 0 Å². The van der Waals surface area contributed by atoms with Crippen molar-refractivity contribution in [1.29, 1.82) is 5.26 Å². The maximum Gasteiger partial charge on any atom is 0.254 e. The molecule has 2 aromatic heterocycles. The zero-order valence-electron chi connectivity index (χ0n) is 21.3. The fourth-order valence-corrected chi connectivity index (χ4v) is 4.40. The highest BCUT2D eigenvalue weighted by Gasteiger charge is 2.26. The summed E-state index contributed by atoms with van der Waals surface area (Å²) in [6, 6.07) is 10.9. The summed E-state index contributed by atoms with van der Waals surface area (Å²) in [5.41, 5.74) is 3.50. The first-order valence-electron chi connectivity index (χ1n) is 12.0. The molecule has 0 unspecified atom stereocenters. The van der Waals surface area contributed by atoms with E-state index in [0.717, 1.165) is 23.0 Å². The van der Waals surface area contributed by atoms with Crippen LogP contribution in [0.4, 0.5) is 4.39 Å². The third-order valence-electron chi connectivity index (χ3n) is 6.25. The van der Waals surface area contributed by atoms with Gasteiger partial charge in [-0.1, -0.05) is 0 Å². The highest BCUT2D eigenvalue weighted by molar-refractivity contribution is 5.96. The summed E-state index contributed by atoms with van der Waals surface area (Å²) in [6.07, 6.45) is 5.92. The summed E-state index contributed by atoms with van der Waals surface area (Å²) in [5.74, 6) is -0.259. The van der Waals surface area contributed by atoms with Crippen molar-refractivity contribution in [2.24, 2.45) is 0 Å². The molecule has 0 saturated heterocycles. The Kier molecular flexibility index (Phi) is 7.80. The van der Waals surface area contributed by atoms with Gasteiger partial charge in [0, 0.05) is 41.5 Å². The zero-order valence-corrected chi connectivity index (χ0v) is 21.3. The molecule has 0 fully saturated rings. The third-order valence-corrected chi connectivity index (χ3v) is 6.25. The van der Waals surface area contributed by atoms with Crippen molar-refractivity contribution in [3.8, 4) is 22.9 Å². The summed E-state index contributed by atoms with van der Waals surface area (Å²) >= 11 is 0. The molecular weight excluding hydrogens is 471 g/mol. The predicted molar refractivity (Wildman–Crippen MR) is 140 cm³/mol. The first-order valence-corrected chi connectivity index (χ1v) is 12.0. The van der Waals surface area contributed by atoms with Crippen LogP contribution in [0.15, 0.2) is 55.0 Å². The monoisotopic (exact) mass is 500 g/mol. The summed E-state index contributed by atoms with van der Waals surface area (Å²) in [7, 11) is 5.76. The van der Waals surface area contributed by atoms with Crippen LogP contribution < -0.4 is 4.74 Å². The number of hydrogen-bond donors (Lipinski definition) is 1. The van der Waals surface area contributed by atoms with Gasteiger partial charge in [0.05, 0.1) is 36.0 Å². The van der Waals surface area contributed by atoms with Crippen molar-refractivity contribution >= 4 is 16.8 Å². The number of fused-ring (bicyclic) bond motifs is 1. The van der Waals surface area contributed by atoms with Gasteiger partial charge in [-0.25, -0.2) is 4.39 Å². The molecule has 1 amide bonds. The van der Waals surface area contributed by atoms with Crippen molar-refractivity contribution in [2.75, 3.05) is 34.3 Å². The van der Waals surface area contributed by atoms with Gasteiger partial charge in [0.15, 0.2) is 0 Å². The van der Waals surface area contributed by atoms with Gasteiger partial charge in [-0.3, -0.25) is 14.9 Å². The number of carbonyl (C=O) groups is 1. The Hall–Kier alpha value is -4.29. The van der Waals surface area contributed by atoms with Crippen LogP contribution in [0.5, 0.6) is 5.75 Å². The van der Waals surface area contributed by atoms with E-state index in [1.807, 2.05) is 27.1 Å².